The van der Waals surface area contributed by atoms with Gasteiger partial charge in [-0.05, 0) is 37.1 Å². The molecule has 0 spiro atoms. The molecule has 1 aromatic carbocycles. The van der Waals surface area contributed by atoms with Crippen molar-refractivity contribution < 1.29 is 9.90 Å². The summed E-state index contributed by atoms with van der Waals surface area (Å²) in [6, 6.07) is 7.72. The van der Waals surface area contributed by atoms with Crippen molar-refractivity contribution >= 4 is 21.8 Å². The van der Waals surface area contributed by atoms with Crippen LogP contribution in [0.3, 0.4) is 0 Å². The van der Waals surface area contributed by atoms with Crippen molar-refractivity contribution in [1.82, 2.24) is 10.2 Å². The molecule has 1 heterocycles. The van der Waals surface area contributed by atoms with Crippen LogP contribution in [0.25, 0.3) is 0 Å². The lowest BCUT2D eigenvalue weighted by Crippen LogP contribution is -2.43. The van der Waals surface area contributed by atoms with Gasteiger partial charge in [-0.15, -0.1) is 0 Å². The minimum Gasteiger partial charge on any atom is -0.387 e. The number of halogens is 1. The van der Waals surface area contributed by atoms with Crippen molar-refractivity contribution in [1.29, 1.82) is 0 Å². The molecule has 1 amide bonds. The SMILES string of the molecule is CNC(=O)C1CCCN(CC(O)c2ccc(Br)cc2)C1. The highest BCUT2D eigenvalue weighted by Gasteiger charge is 2.26. The number of nitrogens with one attached hydrogen (secondary N) is 1. The molecule has 110 valence electrons. The number of benzene rings is 1. The van der Waals surface area contributed by atoms with Gasteiger partial charge in [0.1, 0.15) is 0 Å². The van der Waals surface area contributed by atoms with E-state index in [4.69, 9.17) is 0 Å². The summed E-state index contributed by atoms with van der Waals surface area (Å²) in [5.74, 6) is 0.152. The maximum atomic E-state index is 11.7. The zero-order valence-electron chi connectivity index (χ0n) is 11.7. The number of carbonyl (C=O) groups is 1. The Morgan fingerprint density at radius 1 is 1.50 bits per heavy atom. The third-order valence-electron chi connectivity index (χ3n) is 3.81. The maximum Gasteiger partial charge on any atom is 0.224 e. The monoisotopic (exact) mass is 340 g/mol. The molecule has 5 heteroatoms. The number of piperidine rings is 1. The zero-order valence-corrected chi connectivity index (χ0v) is 13.3. The number of aliphatic hydroxyl groups excluding tert-OH is 1. The van der Waals surface area contributed by atoms with Crippen LogP contribution in [0.2, 0.25) is 0 Å². The summed E-state index contributed by atoms with van der Waals surface area (Å²) in [6.45, 7) is 2.25. The number of hydrogen-bond donors (Lipinski definition) is 2. The molecule has 2 N–H and O–H groups in total. The quantitative estimate of drug-likeness (QED) is 0.880. The van der Waals surface area contributed by atoms with Gasteiger partial charge in [-0.1, -0.05) is 28.1 Å². The van der Waals surface area contributed by atoms with Crippen LogP contribution in [0.15, 0.2) is 28.7 Å². The summed E-state index contributed by atoms with van der Waals surface area (Å²) < 4.78 is 1.01. The van der Waals surface area contributed by atoms with Crippen LogP contribution in [-0.4, -0.2) is 42.6 Å². The molecule has 0 aliphatic carbocycles. The number of hydrogen-bond acceptors (Lipinski definition) is 3. The Labute approximate surface area is 128 Å². The van der Waals surface area contributed by atoms with E-state index in [-0.39, 0.29) is 11.8 Å². The number of likely N-dealkylation sites (tertiary alicyclic amines) is 1. The van der Waals surface area contributed by atoms with Gasteiger partial charge in [-0.3, -0.25) is 9.69 Å². The molecule has 2 rings (SSSR count). The minimum absolute atomic E-state index is 0.0471. The van der Waals surface area contributed by atoms with E-state index in [1.54, 1.807) is 7.05 Å². The smallest absolute Gasteiger partial charge is 0.224 e. The molecule has 1 saturated heterocycles. The molecule has 20 heavy (non-hydrogen) atoms. The summed E-state index contributed by atoms with van der Waals surface area (Å²) in [5.41, 5.74) is 0.912. The second kappa shape index (κ2) is 7.20. The summed E-state index contributed by atoms with van der Waals surface area (Å²) in [4.78, 5) is 13.9. The van der Waals surface area contributed by atoms with E-state index < -0.39 is 6.10 Å². The molecule has 4 nitrogen and oxygen atoms in total. The number of rotatable bonds is 4. The van der Waals surface area contributed by atoms with Crippen LogP contribution < -0.4 is 5.32 Å². The summed E-state index contributed by atoms with van der Waals surface area (Å²) in [5, 5.41) is 13.0. The van der Waals surface area contributed by atoms with E-state index in [9.17, 15) is 9.90 Å². The molecule has 0 radical (unpaired) electrons. The highest BCUT2D eigenvalue weighted by molar-refractivity contribution is 9.10. The average molecular weight is 341 g/mol. The second-order valence-electron chi connectivity index (χ2n) is 5.28. The number of carbonyl (C=O) groups excluding carboxylic acids is 1. The van der Waals surface area contributed by atoms with E-state index in [0.717, 1.165) is 36.0 Å². The van der Waals surface area contributed by atoms with E-state index >= 15 is 0 Å². The van der Waals surface area contributed by atoms with Gasteiger partial charge in [0.2, 0.25) is 5.91 Å². The van der Waals surface area contributed by atoms with Crippen molar-refractivity contribution in [2.24, 2.45) is 5.92 Å². The van der Waals surface area contributed by atoms with Gasteiger partial charge < -0.3 is 10.4 Å². The van der Waals surface area contributed by atoms with Crippen LogP contribution >= 0.6 is 15.9 Å². The zero-order chi connectivity index (χ0) is 14.5. The molecular formula is C15H21BrN2O2. The third kappa shape index (κ3) is 4.04. The van der Waals surface area contributed by atoms with Crippen LogP contribution in [0.4, 0.5) is 0 Å². The second-order valence-corrected chi connectivity index (χ2v) is 6.20. The van der Waals surface area contributed by atoms with E-state index in [1.165, 1.54) is 0 Å². The summed E-state index contributed by atoms with van der Waals surface area (Å²) in [7, 11) is 1.68. The molecule has 0 bridgehead atoms. The predicted molar refractivity (Wildman–Crippen MR) is 82.3 cm³/mol. The molecule has 1 fully saturated rings. The maximum absolute atomic E-state index is 11.7. The summed E-state index contributed by atoms with van der Waals surface area (Å²) in [6.07, 6.45) is 1.43. The number of nitrogens with zero attached hydrogens (tertiary/aromatic N) is 1. The number of aliphatic hydroxyl groups is 1. The van der Waals surface area contributed by atoms with Gasteiger partial charge in [-0.25, -0.2) is 0 Å². The fraction of sp³-hybridized carbons (Fsp3) is 0.533. The predicted octanol–water partition coefficient (Wildman–Crippen LogP) is 1.94. The Kier molecular flexibility index (Phi) is 5.57. The van der Waals surface area contributed by atoms with Gasteiger partial charge >= 0.3 is 0 Å². The topological polar surface area (TPSA) is 52.6 Å². The van der Waals surface area contributed by atoms with Crippen molar-refractivity contribution in [3.63, 3.8) is 0 Å². The van der Waals surface area contributed by atoms with Gasteiger partial charge in [-0.2, -0.15) is 0 Å². The first-order chi connectivity index (χ1) is 9.60. The Balaban J connectivity index is 1.92. The molecule has 0 aromatic heterocycles. The largest absolute Gasteiger partial charge is 0.387 e. The lowest BCUT2D eigenvalue weighted by atomic mass is 9.96. The Morgan fingerprint density at radius 2 is 2.20 bits per heavy atom. The lowest BCUT2D eigenvalue weighted by Gasteiger charge is -2.33. The highest BCUT2D eigenvalue weighted by Crippen LogP contribution is 2.21. The first-order valence-electron chi connectivity index (χ1n) is 6.97. The van der Waals surface area contributed by atoms with Gasteiger partial charge in [0, 0.05) is 24.6 Å². The van der Waals surface area contributed by atoms with Gasteiger partial charge in [0.25, 0.3) is 0 Å². The highest BCUT2D eigenvalue weighted by atomic mass is 79.9. The van der Waals surface area contributed by atoms with Crippen molar-refractivity contribution in [2.45, 2.75) is 18.9 Å². The van der Waals surface area contributed by atoms with Gasteiger partial charge in [0.05, 0.1) is 12.0 Å². The molecule has 1 aliphatic heterocycles. The standard InChI is InChI=1S/C15H21BrN2O2/c1-17-15(20)12-3-2-8-18(9-12)10-14(19)11-4-6-13(16)7-5-11/h4-7,12,14,19H,2-3,8-10H2,1H3,(H,17,20). The number of β-amino-alcohol motifs (C(OH)–C–C–N with tert-alkyl or cyclic N) is 1. The van der Waals surface area contributed by atoms with Crippen LogP contribution in [0.1, 0.15) is 24.5 Å². The first-order valence-corrected chi connectivity index (χ1v) is 7.77. The van der Waals surface area contributed by atoms with E-state index in [1.807, 2.05) is 24.3 Å². The molecule has 1 aliphatic rings. The molecule has 0 saturated carbocycles. The van der Waals surface area contributed by atoms with Gasteiger partial charge in [0.15, 0.2) is 0 Å². The van der Waals surface area contributed by atoms with Crippen LogP contribution in [0, 0.1) is 5.92 Å². The average Bonchev–Trinajstić information content (AvgIpc) is 2.47. The Hall–Kier alpha value is -0.910. The lowest BCUT2D eigenvalue weighted by molar-refractivity contribution is -0.126. The fourth-order valence-electron chi connectivity index (χ4n) is 2.67. The molecular weight excluding hydrogens is 320 g/mol. The third-order valence-corrected chi connectivity index (χ3v) is 4.34. The fourth-order valence-corrected chi connectivity index (χ4v) is 2.94. The van der Waals surface area contributed by atoms with E-state index in [0.29, 0.717) is 6.54 Å². The minimum atomic E-state index is -0.508. The van der Waals surface area contributed by atoms with Crippen molar-refractivity contribution in [3.05, 3.63) is 34.3 Å². The Bertz CT molecular complexity index is 450. The molecule has 2 atom stereocenters. The molecule has 1 aromatic rings. The Morgan fingerprint density at radius 3 is 2.85 bits per heavy atom. The first kappa shape index (κ1) is 15.5. The normalized spacial score (nSPS) is 21.4. The number of amides is 1. The van der Waals surface area contributed by atoms with Crippen molar-refractivity contribution in [3.8, 4) is 0 Å². The van der Waals surface area contributed by atoms with E-state index in [2.05, 4.69) is 26.1 Å². The van der Waals surface area contributed by atoms with Crippen molar-refractivity contribution in [2.75, 3.05) is 26.7 Å². The summed E-state index contributed by atoms with van der Waals surface area (Å²) >= 11 is 3.39. The van der Waals surface area contributed by atoms with Crippen LogP contribution in [-0.2, 0) is 4.79 Å². The molecule has 2 unspecified atom stereocenters. The van der Waals surface area contributed by atoms with Crippen LogP contribution in [0.5, 0.6) is 0 Å².